The van der Waals surface area contributed by atoms with E-state index in [9.17, 15) is 9.59 Å². The first-order valence-corrected chi connectivity index (χ1v) is 9.90. The van der Waals surface area contributed by atoms with Gasteiger partial charge >= 0.3 is 0 Å². The Morgan fingerprint density at radius 2 is 1.45 bits per heavy atom. The zero-order chi connectivity index (χ0) is 20.5. The second-order valence-electron chi connectivity index (χ2n) is 7.73. The lowest BCUT2D eigenvalue weighted by atomic mass is 10.1. The van der Waals surface area contributed by atoms with Crippen LogP contribution < -0.4 is 10.6 Å². The monoisotopic (exact) mass is 387 g/mol. The van der Waals surface area contributed by atoms with Crippen molar-refractivity contribution in [3.05, 3.63) is 82.7 Å². The highest BCUT2D eigenvalue weighted by Crippen LogP contribution is 2.22. The van der Waals surface area contributed by atoms with E-state index in [4.69, 9.17) is 0 Å². The fourth-order valence-corrected chi connectivity index (χ4v) is 3.43. The lowest BCUT2D eigenvalue weighted by Gasteiger charge is -2.12. The summed E-state index contributed by atoms with van der Waals surface area (Å²) in [5, 5.41) is 5.92. The van der Waals surface area contributed by atoms with Crippen LogP contribution in [0, 0.1) is 20.8 Å². The molecular weight excluding hydrogens is 362 g/mol. The topological polar surface area (TPSA) is 63.1 Å². The van der Waals surface area contributed by atoms with Crippen molar-refractivity contribution >= 4 is 17.5 Å². The quantitative estimate of drug-likeness (QED) is 0.675. The van der Waals surface area contributed by atoms with Gasteiger partial charge in [0.2, 0.25) is 0 Å². The molecule has 0 radical (unpaired) electrons. The molecule has 2 N–H and O–H groups in total. The number of nitrogens with zero attached hydrogens (tertiary/aromatic N) is 1. The molecule has 0 spiro atoms. The van der Waals surface area contributed by atoms with Gasteiger partial charge in [0.1, 0.15) is 0 Å². The second kappa shape index (κ2) is 7.59. The minimum atomic E-state index is -0.194. The first-order chi connectivity index (χ1) is 13.9. The van der Waals surface area contributed by atoms with E-state index in [0.29, 0.717) is 22.9 Å². The smallest absolute Gasteiger partial charge is 0.255 e. The van der Waals surface area contributed by atoms with Crippen molar-refractivity contribution in [2.45, 2.75) is 39.7 Å². The highest BCUT2D eigenvalue weighted by Gasteiger charge is 2.24. The van der Waals surface area contributed by atoms with Crippen molar-refractivity contribution in [2.75, 3.05) is 5.32 Å². The van der Waals surface area contributed by atoms with Crippen LogP contribution in [0.2, 0.25) is 0 Å². The van der Waals surface area contributed by atoms with E-state index in [2.05, 4.69) is 41.2 Å². The van der Waals surface area contributed by atoms with Crippen LogP contribution in [0.1, 0.15) is 50.5 Å². The molecule has 2 amide bonds. The Labute approximate surface area is 170 Å². The average molecular weight is 387 g/mol. The largest absolute Gasteiger partial charge is 0.349 e. The van der Waals surface area contributed by atoms with Crippen molar-refractivity contribution < 1.29 is 9.59 Å². The molecular formula is C24H25N3O2. The van der Waals surface area contributed by atoms with Gasteiger partial charge in [0.05, 0.1) is 0 Å². The highest BCUT2D eigenvalue weighted by molar-refractivity contribution is 6.05. The number of rotatable bonds is 5. The number of amides is 2. The van der Waals surface area contributed by atoms with Gasteiger partial charge in [-0.3, -0.25) is 9.59 Å². The second-order valence-corrected chi connectivity index (χ2v) is 7.73. The average Bonchev–Trinajstić information content (AvgIpc) is 3.46. The van der Waals surface area contributed by atoms with Crippen LogP contribution in [-0.4, -0.2) is 22.4 Å². The predicted octanol–water partition coefficient (Wildman–Crippen LogP) is 4.55. The Hall–Kier alpha value is -3.34. The summed E-state index contributed by atoms with van der Waals surface area (Å²) in [6, 6.07) is 17.4. The molecule has 1 fully saturated rings. The summed E-state index contributed by atoms with van der Waals surface area (Å²) in [6.07, 6.45) is 2.08. The Morgan fingerprint density at radius 1 is 0.828 bits per heavy atom. The predicted molar refractivity (Wildman–Crippen MR) is 115 cm³/mol. The van der Waals surface area contributed by atoms with Crippen LogP contribution in [0.5, 0.6) is 0 Å². The van der Waals surface area contributed by atoms with E-state index in [-0.39, 0.29) is 11.8 Å². The molecule has 5 nitrogen and oxygen atoms in total. The maximum Gasteiger partial charge on any atom is 0.255 e. The van der Waals surface area contributed by atoms with Gasteiger partial charge in [-0.05, 0) is 87.7 Å². The molecule has 5 heteroatoms. The van der Waals surface area contributed by atoms with Crippen molar-refractivity contribution in [3.63, 3.8) is 0 Å². The van der Waals surface area contributed by atoms with Gasteiger partial charge < -0.3 is 15.2 Å². The molecule has 0 atom stereocenters. The molecule has 1 aliphatic carbocycles. The van der Waals surface area contributed by atoms with Crippen molar-refractivity contribution in [2.24, 2.45) is 0 Å². The van der Waals surface area contributed by atoms with Crippen molar-refractivity contribution in [1.82, 2.24) is 9.88 Å². The van der Waals surface area contributed by atoms with Crippen LogP contribution in [0.25, 0.3) is 5.69 Å². The van der Waals surface area contributed by atoms with Crippen LogP contribution >= 0.6 is 0 Å². The molecule has 148 valence electrons. The van der Waals surface area contributed by atoms with Crippen LogP contribution in [0.4, 0.5) is 5.69 Å². The third-order valence-corrected chi connectivity index (χ3v) is 5.32. The van der Waals surface area contributed by atoms with E-state index < -0.39 is 0 Å². The number of carbonyl (C=O) groups is 2. The molecule has 0 unspecified atom stereocenters. The van der Waals surface area contributed by atoms with Gasteiger partial charge in [-0.25, -0.2) is 0 Å². The third-order valence-electron chi connectivity index (χ3n) is 5.32. The van der Waals surface area contributed by atoms with Gasteiger partial charge in [-0.2, -0.15) is 0 Å². The van der Waals surface area contributed by atoms with Crippen molar-refractivity contribution in [3.8, 4) is 5.69 Å². The van der Waals surface area contributed by atoms with Gasteiger partial charge in [0.25, 0.3) is 11.8 Å². The summed E-state index contributed by atoms with van der Waals surface area (Å²) in [5.41, 5.74) is 6.02. The molecule has 29 heavy (non-hydrogen) atoms. The van der Waals surface area contributed by atoms with E-state index in [0.717, 1.165) is 35.5 Å². The maximum absolute atomic E-state index is 12.7. The first-order valence-electron chi connectivity index (χ1n) is 9.90. The van der Waals surface area contributed by atoms with Crippen LogP contribution in [0.15, 0.2) is 54.6 Å². The van der Waals surface area contributed by atoms with Gasteiger partial charge in [0, 0.05) is 39.9 Å². The van der Waals surface area contributed by atoms with E-state index >= 15 is 0 Å². The minimum Gasteiger partial charge on any atom is -0.349 e. The van der Waals surface area contributed by atoms with Gasteiger partial charge in [-0.15, -0.1) is 0 Å². The molecule has 0 bridgehead atoms. The maximum atomic E-state index is 12.7. The number of carbonyl (C=O) groups excluding carboxylic acids is 2. The molecule has 2 aromatic carbocycles. The van der Waals surface area contributed by atoms with Crippen LogP contribution in [-0.2, 0) is 0 Å². The lowest BCUT2D eigenvalue weighted by molar-refractivity contribution is 0.0949. The summed E-state index contributed by atoms with van der Waals surface area (Å²) in [6.45, 7) is 6.03. The third kappa shape index (κ3) is 4.09. The Bertz CT molecular complexity index is 1060. The fraction of sp³-hybridized carbons (Fsp3) is 0.250. The number of nitrogens with one attached hydrogen (secondary N) is 2. The summed E-state index contributed by atoms with van der Waals surface area (Å²) >= 11 is 0. The summed E-state index contributed by atoms with van der Waals surface area (Å²) in [5.74, 6) is -0.287. The minimum absolute atomic E-state index is 0.0928. The molecule has 4 rings (SSSR count). The Kier molecular flexibility index (Phi) is 4.97. The molecule has 0 saturated heterocycles. The van der Waals surface area contributed by atoms with Gasteiger partial charge in [-0.1, -0.05) is 6.07 Å². The Balaban J connectivity index is 1.51. The SMILES string of the molecule is Cc1ccc(C(=O)NC2CC2)cc1NC(=O)c1ccc(-n2c(C)ccc2C)cc1. The molecule has 1 aliphatic rings. The van der Waals surface area contributed by atoms with Crippen LogP contribution in [0.3, 0.4) is 0 Å². The van der Waals surface area contributed by atoms with Gasteiger partial charge in [0.15, 0.2) is 0 Å². The lowest BCUT2D eigenvalue weighted by Crippen LogP contribution is -2.25. The van der Waals surface area contributed by atoms with E-state index in [1.54, 1.807) is 12.1 Å². The zero-order valence-electron chi connectivity index (χ0n) is 17.0. The van der Waals surface area contributed by atoms with E-state index in [1.165, 1.54) is 0 Å². The number of hydrogen-bond acceptors (Lipinski definition) is 2. The first kappa shape index (κ1) is 19.0. The number of aromatic nitrogens is 1. The number of anilines is 1. The number of hydrogen-bond donors (Lipinski definition) is 2. The summed E-state index contributed by atoms with van der Waals surface area (Å²) in [7, 11) is 0. The molecule has 1 saturated carbocycles. The molecule has 3 aromatic rings. The Morgan fingerprint density at radius 3 is 2.07 bits per heavy atom. The molecule has 0 aliphatic heterocycles. The fourth-order valence-electron chi connectivity index (χ4n) is 3.43. The highest BCUT2D eigenvalue weighted by atomic mass is 16.2. The summed E-state index contributed by atoms with van der Waals surface area (Å²) < 4.78 is 2.15. The van der Waals surface area contributed by atoms with Crippen molar-refractivity contribution in [1.29, 1.82) is 0 Å². The molecule has 1 heterocycles. The zero-order valence-corrected chi connectivity index (χ0v) is 17.0. The number of benzene rings is 2. The normalized spacial score (nSPS) is 13.2. The van der Waals surface area contributed by atoms with E-state index in [1.807, 2.05) is 37.3 Å². The summed E-state index contributed by atoms with van der Waals surface area (Å²) in [4.78, 5) is 25.0. The molecule has 1 aromatic heterocycles. The standard InChI is InChI=1S/C24H25N3O2/c1-15-4-7-19(24(29)25-20-10-11-20)14-22(15)26-23(28)18-8-12-21(13-9-18)27-16(2)5-6-17(27)3/h4-9,12-14,20H,10-11H2,1-3H3,(H,25,29)(H,26,28). The number of aryl methyl sites for hydroxylation is 3.